The summed E-state index contributed by atoms with van der Waals surface area (Å²) >= 11 is 5.80. The quantitative estimate of drug-likeness (QED) is 0.751. The first-order valence-corrected chi connectivity index (χ1v) is 6.91. The zero-order valence-corrected chi connectivity index (χ0v) is 12.8. The van der Waals surface area contributed by atoms with Gasteiger partial charge in [0.05, 0.1) is 12.0 Å². The summed E-state index contributed by atoms with van der Waals surface area (Å²) in [5, 5.41) is 0. The lowest BCUT2D eigenvalue weighted by molar-refractivity contribution is -0.138. The zero-order valence-electron chi connectivity index (χ0n) is 12.1. The number of rotatable bonds is 6. The van der Waals surface area contributed by atoms with Gasteiger partial charge >= 0.3 is 0 Å². The molecule has 0 radical (unpaired) electrons. The molecule has 0 saturated carbocycles. The van der Waals surface area contributed by atoms with E-state index in [1.54, 1.807) is 11.9 Å². The normalized spacial score (nSPS) is 11.2. The molecule has 0 unspecified atom stereocenters. The third kappa shape index (κ3) is 4.75. The van der Waals surface area contributed by atoms with E-state index < -0.39 is 5.41 Å². The SMILES string of the molecule is Cc1cccc(OCCN(C)C(=O)C(C)(C)CCl)c1. The van der Waals surface area contributed by atoms with Crippen LogP contribution >= 0.6 is 11.6 Å². The molecule has 0 aliphatic rings. The number of alkyl halides is 1. The van der Waals surface area contributed by atoms with Crippen LogP contribution in [0.5, 0.6) is 5.75 Å². The molecule has 0 aliphatic carbocycles. The van der Waals surface area contributed by atoms with E-state index in [0.717, 1.165) is 11.3 Å². The number of hydrogen-bond acceptors (Lipinski definition) is 2. The number of hydrogen-bond donors (Lipinski definition) is 0. The summed E-state index contributed by atoms with van der Waals surface area (Å²) in [6, 6.07) is 7.86. The van der Waals surface area contributed by atoms with E-state index in [-0.39, 0.29) is 5.91 Å². The largest absolute Gasteiger partial charge is 0.492 e. The summed E-state index contributed by atoms with van der Waals surface area (Å²) in [5.74, 6) is 1.18. The van der Waals surface area contributed by atoms with Crippen LogP contribution in [-0.2, 0) is 4.79 Å². The topological polar surface area (TPSA) is 29.5 Å². The second-order valence-electron chi connectivity index (χ2n) is 5.41. The van der Waals surface area contributed by atoms with Gasteiger partial charge in [0.1, 0.15) is 12.4 Å². The first kappa shape index (κ1) is 15.8. The Hall–Kier alpha value is -1.22. The smallest absolute Gasteiger partial charge is 0.229 e. The fourth-order valence-corrected chi connectivity index (χ4v) is 1.80. The van der Waals surface area contributed by atoms with Crippen LogP contribution in [0.4, 0.5) is 0 Å². The van der Waals surface area contributed by atoms with Crippen LogP contribution in [0.25, 0.3) is 0 Å². The first-order chi connectivity index (χ1) is 8.86. The van der Waals surface area contributed by atoms with Crippen LogP contribution < -0.4 is 4.74 Å². The molecule has 0 fully saturated rings. The summed E-state index contributed by atoms with van der Waals surface area (Å²) in [7, 11) is 1.77. The van der Waals surface area contributed by atoms with Crippen molar-refractivity contribution in [2.24, 2.45) is 5.41 Å². The summed E-state index contributed by atoms with van der Waals surface area (Å²) < 4.78 is 5.63. The molecule has 0 saturated heterocycles. The van der Waals surface area contributed by atoms with E-state index in [4.69, 9.17) is 16.3 Å². The summed E-state index contributed by atoms with van der Waals surface area (Å²) in [6.45, 7) is 6.74. The number of likely N-dealkylation sites (N-methyl/N-ethyl adjacent to an activating group) is 1. The second-order valence-corrected chi connectivity index (χ2v) is 5.68. The molecule has 0 atom stereocenters. The van der Waals surface area contributed by atoms with Crippen molar-refractivity contribution in [1.29, 1.82) is 0 Å². The highest BCUT2D eigenvalue weighted by molar-refractivity contribution is 6.19. The lowest BCUT2D eigenvalue weighted by atomic mass is 9.94. The number of nitrogens with zero attached hydrogens (tertiary/aromatic N) is 1. The van der Waals surface area contributed by atoms with E-state index in [2.05, 4.69) is 0 Å². The summed E-state index contributed by atoms with van der Waals surface area (Å²) in [4.78, 5) is 13.7. The fraction of sp³-hybridized carbons (Fsp3) is 0.533. The number of carbonyl (C=O) groups is 1. The molecule has 1 amide bonds. The van der Waals surface area contributed by atoms with Gasteiger partial charge in [-0.1, -0.05) is 12.1 Å². The van der Waals surface area contributed by atoms with E-state index >= 15 is 0 Å². The molecule has 19 heavy (non-hydrogen) atoms. The molecule has 0 N–H and O–H groups in total. The van der Waals surface area contributed by atoms with Crippen LogP contribution in [0.15, 0.2) is 24.3 Å². The Bertz CT molecular complexity index is 432. The predicted molar refractivity (Wildman–Crippen MR) is 78.8 cm³/mol. The standard InChI is InChI=1S/C15H22ClNO2/c1-12-6-5-7-13(10-12)19-9-8-17(4)14(18)15(2,3)11-16/h5-7,10H,8-9,11H2,1-4H3. The molecule has 4 heteroatoms. The monoisotopic (exact) mass is 283 g/mol. The molecule has 1 aromatic rings. The third-order valence-corrected chi connectivity index (χ3v) is 3.61. The molecule has 0 bridgehead atoms. The maximum atomic E-state index is 12.1. The Balaban J connectivity index is 2.43. The Labute approximate surface area is 120 Å². The maximum Gasteiger partial charge on any atom is 0.229 e. The molecule has 3 nitrogen and oxygen atoms in total. The molecule has 0 spiro atoms. The van der Waals surface area contributed by atoms with Crippen LogP contribution in [0.3, 0.4) is 0 Å². The first-order valence-electron chi connectivity index (χ1n) is 6.38. The van der Waals surface area contributed by atoms with Gasteiger partial charge in [0, 0.05) is 12.9 Å². The van der Waals surface area contributed by atoms with Gasteiger partial charge in [-0.05, 0) is 38.5 Å². The third-order valence-electron chi connectivity index (χ3n) is 2.94. The van der Waals surface area contributed by atoms with Crippen molar-refractivity contribution in [3.8, 4) is 5.75 Å². The molecule has 1 rings (SSSR count). The minimum absolute atomic E-state index is 0.0374. The Morgan fingerprint density at radius 3 is 2.68 bits per heavy atom. The molecule has 0 aromatic heterocycles. The number of ether oxygens (including phenoxy) is 1. The van der Waals surface area contributed by atoms with Gasteiger partial charge in [-0.3, -0.25) is 4.79 Å². The van der Waals surface area contributed by atoms with Crippen LogP contribution in [0.2, 0.25) is 0 Å². The summed E-state index contributed by atoms with van der Waals surface area (Å²) in [5.41, 5.74) is 0.629. The van der Waals surface area contributed by atoms with Gasteiger partial charge in [0.2, 0.25) is 5.91 Å². The van der Waals surface area contributed by atoms with Gasteiger partial charge < -0.3 is 9.64 Å². The Kier molecular flexibility index (Phi) is 5.67. The van der Waals surface area contributed by atoms with E-state index in [0.29, 0.717) is 19.0 Å². The van der Waals surface area contributed by atoms with Gasteiger partial charge in [-0.2, -0.15) is 0 Å². The van der Waals surface area contributed by atoms with E-state index in [1.807, 2.05) is 45.0 Å². The van der Waals surface area contributed by atoms with Gasteiger partial charge in [-0.25, -0.2) is 0 Å². The maximum absolute atomic E-state index is 12.1. The van der Waals surface area contributed by atoms with Crippen LogP contribution in [0, 0.1) is 12.3 Å². The number of halogens is 1. The fourth-order valence-electron chi connectivity index (χ4n) is 1.68. The zero-order chi connectivity index (χ0) is 14.5. The van der Waals surface area contributed by atoms with Crippen molar-refractivity contribution in [2.45, 2.75) is 20.8 Å². The summed E-state index contributed by atoms with van der Waals surface area (Å²) in [6.07, 6.45) is 0. The number of carbonyl (C=O) groups excluding carboxylic acids is 1. The highest BCUT2D eigenvalue weighted by atomic mass is 35.5. The van der Waals surface area contributed by atoms with Gasteiger partial charge in [-0.15, -0.1) is 11.6 Å². The molecule has 1 aromatic carbocycles. The number of aryl methyl sites for hydroxylation is 1. The highest BCUT2D eigenvalue weighted by Crippen LogP contribution is 2.20. The minimum Gasteiger partial charge on any atom is -0.492 e. The van der Waals surface area contributed by atoms with Crippen molar-refractivity contribution >= 4 is 17.5 Å². The van der Waals surface area contributed by atoms with Crippen molar-refractivity contribution in [3.05, 3.63) is 29.8 Å². The van der Waals surface area contributed by atoms with Crippen molar-refractivity contribution < 1.29 is 9.53 Å². The Morgan fingerprint density at radius 2 is 2.11 bits per heavy atom. The van der Waals surface area contributed by atoms with Crippen molar-refractivity contribution in [3.63, 3.8) is 0 Å². The second kappa shape index (κ2) is 6.80. The number of benzene rings is 1. The van der Waals surface area contributed by atoms with Crippen molar-refractivity contribution in [2.75, 3.05) is 26.1 Å². The average molecular weight is 284 g/mol. The predicted octanol–water partition coefficient (Wildman–Crippen LogP) is 3.10. The molecule has 0 heterocycles. The minimum atomic E-state index is -0.528. The van der Waals surface area contributed by atoms with Gasteiger partial charge in [0.25, 0.3) is 0 Å². The average Bonchev–Trinajstić information content (AvgIpc) is 2.37. The van der Waals surface area contributed by atoms with Crippen LogP contribution in [-0.4, -0.2) is 36.9 Å². The van der Waals surface area contributed by atoms with E-state index in [9.17, 15) is 4.79 Å². The Morgan fingerprint density at radius 1 is 1.42 bits per heavy atom. The van der Waals surface area contributed by atoms with Crippen LogP contribution in [0.1, 0.15) is 19.4 Å². The number of amides is 1. The lowest BCUT2D eigenvalue weighted by Gasteiger charge is -2.27. The molecule has 0 aliphatic heterocycles. The van der Waals surface area contributed by atoms with Gasteiger partial charge in [0.15, 0.2) is 0 Å². The lowest BCUT2D eigenvalue weighted by Crippen LogP contribution is -2.41. The molecule has 106 valence electrons. The molecular weight excluding hydrogens is 262 g/mol. The van der Waals surface area contributed by atoms with Crippen molar-refractivity contribution in [1.82, 2.24) is 4.90 Å². The molecular formula is C15H22ClNO2. The van der Waals surface area contributed by atoms with E-state index in [1.165, 1.54) is 0 Å². The highest BCUT2D eigenvalue weighted by Gasteiger charge is 2.29.